The van der Waals surface area contributed by atoms with Crippen molar-refractivity contribution in [3.05, 3.63) is 17.9 Å². The first-order chi connectivity index (χ1) is 9.56. The smallest absolute Gasteiger partial charge is 0.273 e. The molecule has 0 aromatic carbocycles. The molecule has 2 fully saturated rings. The summed E-state index contributed by atoms with van der Waals surface area (Å²) in [6.45, 7) is 3.93. The van der Waals surface area contributed by atoms with E-state index >= 15 is 0 Å². The monoisotopic (exact) mass is 298 g/mol. The minimum Gasteiger partial charge on any atom is -0.447 e. The fraction of sp³-hybridized carbons (Fsp3) is 0.714. The maximum atomic E-state index is 12.2. The maximum Gasteiger partial charge on any atom is 0.273 e. The van der Waals surface area contributed by atoms with E-state index in [1.165, 1.54) is 18.9 Å². The summed E-state index contributed by atoms with van der Waals surface area (Å²) in [5.41, 5.74) is 0.256. The molecule has 2 aliphatic rings. The highest BCUT2D eigenvalue weighted by Gasteiger charge is 2.53. The van der Waals surface area contributed by atoms with Crippen molar-refractivity contribution in [1.29, 1.82) is 0 Å². The van der Waals surface area contributed by atoms with Crippen molar-refractivity contribution < 1.29 is 12.8 Å². The topological polar surface area (TPSA) is 71.3 Å². The third-order valence-corrected chi connectivity index (χ3v) is 5.67. The van der Waals surface area contributed by atoms with Gasteiger partial charge < -0.3 is 9.73 Å². The summed E-state index contributed by atoms with van der Waals surface area (Å²) in [6.07, 6.45) is 4.83. The molecule has 0 atom stereocenters. The average Bonchev–Trinajstić information content (AvgIpc) is 3.32. The highest BCUT2D eigenvalue weighted by Crippen LogP contribution is 2.60. The van der Waals surface area contributed by atoms with E-state index in [-0.39, 0.29) is 10.5 Å². The lowest BCUT2D eigenvalue weighted by molar-refractivity contribution is 0.393. The fourth-order valence-corrected chi connectivity index (χ4v) is 3.83. The van der Waals surface area contributed by atoms with Crippen LogP contribution in [-0.4, -0.2) is 21.5 Å². The molecule has 2 N–H and O–H groups in total. The summed E-state index contributed by atoms with van der Waals surface area (Å²) in [4.78, 5) is 0. The minimum atomic E-state index is -3.51. The van der Waals surface area contributed by atoms with Crippen molar-refractivity contribution in [1.82, 2.24) is 10.0 Å². The first kappa shape index (κ1) is 14.1. The molecule has 20 heavy (non-hydrogen) atoms. The van der Waals surface area contributed by atoms with Crippen molar-refractivity contribution in [2.45, 2.75) is 44.2 Å². The van der Waals surface area contributed by atoms with Gasteiger partial charge in [-0.25, -0.2) is 13.1 Å². The van der Waals surface area contributed by atoms with E-state index in [0.29, 0.717) is 18.8 Å². The van der Waals surface area contributed by atoms with E-state index in [2.05, 4.69) is 10.0 Å². The van der Waals surface area contributed by atoms with Crippen molar-refractivity contribution in [2.24, 2.45) is 11.3 Å². The first-order valence-electron chi connectivity index (χ1n) is 7.35. The quantitative estimate of drug-likeness (QED) is 0.768. The molecule has 0 bridgehead atoms. The summed E-state index contributed by atoms with van der Waals surface area (Å²) in [5.74, 6) is 1.39. The van der Waals surface area contributed by atoms with Gasteiger partial charge in [0.05, 0.1) is 6.54 Å². The third kappa shape index (κ3) is 2.92. The Labute approximate surface area is 120 Å². The molecule has 2 saturated carbocycles. The zero-order chi connectivity index (χ0) is 14.2. The van der Waals surface area contributed by atoms with E-state index < -0.39 is 10.0 Å². The predicted molar refractivity (Wildman–Crippen MR) is 75.7 cm³/mol. The molecule has 2 aliphatic carbocycles. The van der Waals surface area contributed by atoms with Gasteiger partial charge in [0, 0.05) is 6.54 Å². The highest BCUT2D eigenvalue weighted by molar-refractivity contribution is 7.89. The molecule has 1 aromatic heterocycles. The molecule has 112 valence electrons. The number of sulfonamides is 1. The van der Waals surface area contributed by atoms with Gasteiger partial charge in [0.2, 0.25) is 5.09 Å². The normalized spacial score (nSPS) is 21.1. The Kier molecular flexibility index (Phi) is 3.64. The molecule has 5 nitrogen and oxygen atoms in total. The number of hydrogen-bond donors (Lipinski definition) is 2. The lowest BCUT2D eigenvalue weighted by Crippen LogP contribution is -2.31. The number of furan rings is 1. The van der Waals surface area contributed by atoms with Crippen molar-refractivity contribution >= 4 is 10.0 Å². The van der Waals surface area contributed by atoms with E-state index in [1.807, 2.05) is 6.92 Å². The Bertz CT molecular complexity index is 571. The van der Waals surface area contributed by atoms with Crippen LogP contribution in [0.3, 0.4) is 0 Å². The van der Waals surface area contributed by atoms with Gasteiger partial charge in [-0.15, -0.1) is 0 Å². The van der Waals surface area contributed by atoms with Gasteiger partial charge in [0.15, 0.2) is 0 Å². The van der Waals surface area contributed by atoms with Crippen LogP contribution in [0.1, 0.15) is 38.4 Å². The lowest BCUT2D eigenvalue weighted by atomic mass is 10.0. The molecule has 0 saturated heterocycles. The van der Waals surface area contributed by atoms with Crippen molar-refractivity contribution in [2.75, 3.05) is 13.1 Å². The molecule has 6 heteroatoms. The molecular formula is C14H22N2O3S. The summed E-state index contributed by atoms with van der Waals surface area (Å²) in [6, 6.07) is 3.25. The van der Waals surface area contributed by atoms with Crippen LogP contribution >= 0.6 is 0 Å². The van der Waals surface area contributed by atoms with Gasteiger partial charge >= 0.3 is 0 Å². The fourth-order valence-electron chi connectivity index (χ4n) is 2.74. The van der Waals surface area contributed by atoms with Crippen LogP contribution < -0.4 is 10.0 Å². The molecule has 0 unspecified atom stereocenters. The second-order valence-electron chi connectivity index (χ2n) is 5.96. The highest BCUT2D eigenvalue weighted by atomic mass is 32.2. The molecule has 0 aliphatic heterocycles. The Morgan fingerprint density at radius 3 is 2.70 bits per heavy atom. The summed E-state index contributed by atoms with van der Waals surface area (Å²) >= 11 is 0. The first-order valence-corrected chi connectivity index (χ1v) is 8.83. The van der Waals surface area contributed by atoms with Crippen LogP contribution in [0.2, 0.25) is 0 Å². The van der Waals surface area contributed by atoms with E-state index in [4.69, 9.17) is 4.42 Å². The molecule has 0 amide bonds. The molecule has 0 radical (unpaired) electrons. The van der Waals surface area contributed by atoms with Gasteiger partial charge in [-0.3, -0.25) is 0 Å². The Hall–Kier alpha value is -0.850. The van der Waals surface area contributed by atoms with E-state index in [9.17, 15) is 8.42 Å². The van der Waals surface area contributed by atoms with Crippen LogP contribution in [0.25, 0.3) is 0 Å². The molecule has 1 heterocycles. The molecule has 1 aromatic rings. The van der Waals surface area contributed by atoms with Crippen LogP contribution in [0, 0.1) is 11.3 Å². The Morgan fingerprint density at radius 1 is 1.35 bits per heavy atom. The van der Waals surface area contributed by atoms with Gasteiger partial charge in [0.1, 0.15) is 5.76 Å². The number of hydrogen-bond acceptors (Lipinski definition) is 4. The van der Waals surface area contributed by atoms with E-state index in [0.717, 1.165) is 25.3 Å². The Balaban J connectivity index is 1.61. The zero-order valence-corrected chi connectivity index (χ0v) is 12.6. The zero-order valence-electron chi connectivity index (χ0n) is 11.8. The summed E-state index contributed by atoms with van der Waals surface area (Å²) in [5, 5.41) is 3.13. The standard InChI is InChI=1S/C14H22N2O3S/c1-2-15-9-12-5-6-13(19-12)20(17,18)16-10-14(7-8-14)11-3-4-11/h5-6,11,15-16H,2-4,7-10H2,1H3. The molecular weight excluding hydrogens is 276 g/mol. The number of rotatable bonds is 8. The Morgan fingerprint density at radius 2 is 2.10 bits per heavy atom. The van der Waals surface area contributed by atoms with Crippen LogP contribution in [0.15, 0.2) is 21.6 Å². The van der Waals surface area contributed by atoms with Gasteiger partial charge in [-0.2, -0.15) is 0 Å². The summed E-state index contributed by atoms with van der Waals surface area (Å²) in [7, 11) is -3.51. The average molecular weight is 298 g/mol. The lowest BCUT2D eigenvalue weighted by Gasteiger charge is -2.14. The number of nitrogens with one attached hydrogen (secondary N) is 2. The summed E-state index contributed by atoms with van der Waals surface area (Å²) < 4.78 is 32.5. The van der Waals surface area contributed by atoms with Crippen molar-refractivity contribution in [3.63, 3.8) is 0 Å². The third-order valence-electron chi connectivity index (χ3n) is 4.40. The second kappa shape index (κ2) is 5.16. The van der Waals surface area contributed by atoms with Crippen LogP contribution in [0.5, 0.6) is 0 Å². The SMILES string of the molecule is CCNCc1ccc(S(=O)(=O)NCC2(C3CC3)CC2)o1. The molecule has 0 spiro atoms. The van der Waals surface area contributed by atoms with E-state index in [1.54, 1.807) is 6.07 Å². The van der Waals surface area contributed by atoms with Gasteiger partial charge in [0.25, 0.3) is 10.0 Å². The largest absolute Gasteiger partial charge is 0.447 e. The minimum absolute atomic E-state index is 0.0250. The van der Waals surface area contributed by atoms with Gasteiger partial charge in [-0.05, 0) is 55.7 Å². The molecule has 3 rings (SSSR count). The van der Waals surface area contributed by atoms with Crippen LogP contribution in [-0.2, 0) is 16.6 Å². The maximum absolute atomic E-state index is 12.2. The predicted octanol–water partition coefficient (Wildman–Crippen LogP) is 1.86. The van der Waals surface area contributed by atoms with Gasteiger partial charge in [-0.1, -0.05) is 6.92 Å². The van der Waals surface area contributed by atoms with Crippen molar-refractivity contribution in [3.8, 4) is 0 Å². The second-order valence-corrected chi connectivity index (χ2v) is 7.66. The van der Waals surface area contributed by atoms with Crippen LogP contribution in [0.4, 0.5) is 0 Å².